The first-order valence-corrected chi connectivity index (χ1v) is 9.57. The Morgan fingerprint density at radius 2 is 1.59 bits per heavy atom. The number of hydrogen-bond donors (Lipinski definition) is 1. The molecule has 7 heteroatoms. The van der Waals surface area contributed by atoms with Crippen LogP contribution in [-0.4, -0.2) is 46.6 Å². The van der Waals surface area contributed by atoms with Crippen molar-refractivity contribution < 1.29 is 19.5 Å². The number of carboxylic acid groups (broad SMARTS) is 1. The van der Waals surface area contributed by atoms with Crippen LogP contribution in [0.5, 0.6) is 0 Å². The van der Waals surface area contributed by atoms with Gasteiger partial charge in [-0.2, -0.15) is 5.10 Å². The summed E-state index contributed by atoms with van der Waals surface area (Å²) < 4.78 is 0. The summed E-state index contributed by atoms with van der Waals surface area (Å²) in [4.78, 5) is 38.7. The molecule has 1 fully saturated rings. The van der Waals surface area contributed by atoms with Gasteiger partial charge in [0.25, 0.3) is 5.91 Å². The van der Waals surface area contributed by atoms with Crippen molar-refractivity contribution in [1.82, 2.24) is 4.90 Å². The molecule has 7 nitrogen and oxygen atoms in total. The molecule has 2 aromatic rings. The lowest BCUT2D eigenvalue weighted by atomic mass is 9.89. The standard InChI is InChI=1S/C22H21N3O4/c26-20-12-11-19(23-25(20)16-9-5-2-6-10-16)21(27)24-13-17(18(14-24)22(28)29)15-7-3-1-4-8-15/h1-10,17-18H,11-14H2,(H,28,29)/t17-,18-/m1/s1. The molecule has 1 N–H and O–H groups in total. The molecule has 2 aliphatic rings. The van der Waals surface area contributed by atoms with Crippen LogP contribution in [0.2, 0.25) is 0 Å². The lowest BCUT2D eigenvalue weighted by Gasteiger charge is -2.25. The number of nitrogens with zero attached hydrogens (tertiary/aromatic N) is 3. The van der Waals surface area contributed by atoms with Gasteiger partial charge < -0.3 is 10.0 Å². The first kappa shape index (κ1) is 18.9. The third-order valence-corrected chi connectivity index (χ3v) is 5.43. The third kappa shape index (κ3) is 3.76. The Morgan fingerprint density at radius 1 is 0.931 bits per heavy atom. The van der Waals surface area contributed by atoms with Gasteiger partial charge in [0.1, 0.15) is 5.71 Å². The molecule has 1 saturated heterocycles. The van der Waals surface area contributed by atoms with Gasteiger partial charge in [0, 0.05) is 31.8 Å². The van der Waals surface area contributed by atoms with E-state index in [0.717, 1.165) is 5.56 Å². The van der Waals surface area contributed by atoms with Gasteiger partial charge in [-0.3, -0.25) is 14.4 Å². The van der Waals surface area contributed by atoms with Crippen molar-refractivity contribution >= 4 is 29.2 Å². The quantitative estimate of drug-likeness (QED) is 0.867. The molecule has 2 aromatic carbocycles. The number of rotatable bonds is 4. The number of carbonyl (C=O) groups is 3. The molecule has 29 heavy (non-hydrogen) atoms. The summed E-state index contributed by atoms with van der Waals surface area (Å²) in [5.74, 6) is -2.32. The van der Waals surface area contributed by atoms with E-state index in [0.29, 0.717) is 12.2 Å². The third-order valence-electron chi connectivity index (χ3n) is 5.43. The first-order valence-electron chi connectivity index (χ1n) is 9.57. The van der Waals surface area contributed by atoms with Crippen LogP contribution in [0, 0.1) is 5.92 Å². The zero-order chi connectivity index (χ0) is 20.4. The Hall–Kier alpha value is -3.48. The molecule has 148 valence electrons. The number of carbonyl (C=O) groups excluding carboxylic acids is 2. The molecule has 0 spiro atoms. The molecule has 0 aliphatic carbocycles. The highest BCUT2D eigenvalue weighted by Crippen LogP contribution is 2.33. The van der Waals surface area contributed by atoms with E-state index < -0.39 is 11.9 Å². The maximum Gasteiger partial charge on any atom is 0.308 e. The van der Waals surface area contributed by atoms with E-state index in [1.54, 1.807) is 29.2 Å². The summed E-state index contributed by atoms with van der Waals surface area (Å²) in [5.41, 5.74) is 1.79. The van der Waals surface area contributed by atoms with E-state index in [-0.39, 0.29) is 42.8 Å². The number of anilines is 1. The minimum Gasteiger partial charge on any atom is -0.481 e. The highest BCUT2D eigenvalue weighted by atomic mass is 16.4. The lowest BCUT2D eigenvalue weighted by molar-refractivity contribution is -0.141. The van der Waals surface area contributed by atoms with E-state index in [9.17, 15) is 19.5 Å². The van der Waals surface area contributed by atoms with Crippen molar-refractivity contribution in [2.75, 3.05) is 18.1 Å². The Balaban J connectivity index is 1.57. The van der Waals surface area contributed by atoms with E-state index in [2.05, 4.69) is 5.10 Å². The summed E-state index contributed by atoms with van der Waals surface area (Å²) in [7, 11) is 0. The SMILES string of the molecule is O=C(O)[C@@H]1CN(C(=O)C2=NN(c3ccccc3)C(=O)CC2)C[C@@H]1c1ccccc1. The molecule has 0 unspecified atom stereocenters. The predicted molar refractivity (Wildman–Crippen MR) is 107 cm³/mol. The smallest absolute Gasteiger partial charge is 0.308 e. The van der Waals surface area contributed by atoms with Crippen LogP contribution in [0.15, 0.2) is 65.8 Å². The highest BCUT2D eigenvalue weighted by molar-refractivity contribution is 6.40. The van der Waals surface area contributed by atoms with Crippen LogP contribution in [0.3, 0.4) is 0 Å². The minimum atomic E-state index is -0.916. The number of hydrogen-bond acceptors (Lipinski definition) is 4. The normalized spacial score (nSPS) is 21.8. The molecule has 0 aromatic heterocycles. The maximum atomic E-state index is 13.1. The zero-order valence-electron chi connectivity index (χ0n) is 15.8. The van der Waals surface area contributed by atoms with Gasteiger partial charge in [-0.05, 0) is 17.7 Å². The average molecular weight is 391 g/mol. The molecule has 2 atom stereocenters. The molecule has 0 bridgehead atoms. The molecule has 0 radical (unpaired) electrons. The summed E-state index contributed by atoms with van der Waals surface area (Å²) in [6, 6.07) is 18.4. The van der Waals surface area contributed by atoms with E-state index in [4.69, 9.17) is 0 Å². The summed E-state index contributed by atoms with van der Waals surface area (Å²) >= 11 is 0. The highest BCUT2D eigenvalue weighted by Gasteiger charge is 2.42. The Kier molecular flexibility index (Phi) is 5.12. The van der Waals surface area contributed by atoms with Gasteiger partial charge in [0.15, 0.2) is 0 Å². The second-order valence-electron chi connectivity index (χ2n) is 7.26. The fraction of sp³-hybridized carbons (Fsp3) is 0.273. The molecule has 0 saturated carbocycles. The minimum absolute atomic E-state index is 0.131. The van der Waals surface area contributed by atoms with E-state index in [1.807, 2.05) is 36.4 Å². The van der Waals surface area contributed by atoms with Crippen LogP contribution < -0.4 is 5.01 Å². The van der Waals surface area contributed by atoms with Gasteiger partial charge in [-0.15, -0.1) is 0 Å². The van der Waals surface area contributed by atoms with Crippen molar-refractivity contribution in [3.8, 4) is 0 Å². The Morgan fingerprint density at radius 3 is 2.24 bits per heavy atom. The second-order valence-corrected chi connectivity index (χ2v) is 7.26. The van der Waals surface area contributed by atoms with E-state index in [1.165, 1.54) is 5.01 Å². The predicted octanol–water partition coefficient (Wildman–Crippen LogP) is 2.50. The Bertz CT molecular complexity index is 959. The van der Waals surface area contributed by atoms with E-state index >= 15 is 0 Å². The number of amides is 2. The molecule has 4 rings (SSSR count). The summed E-state index contributed by atoms with van der Waals surface area (Å²) in [6.45, 7) is 0.449. The number of carboxylic acids is 1. The lowest BCUT2D eigenvalue weighted by Crippen LogP contribution is -2.41. The Labute approximate surface area is 168 Å². The molecular weight excluding hydrogens is 370 g/mol. The number of hydrazone groups is 1. The first-order chi connectivity index (χ1) is 14.0. The summed E-state index contributed by atoms with van der Waals surface area (Å²) in [6.07, 6.45) is 0.447. The van der Waals surface area contributed by atoms with Crippen molar-refractivity contribution in [1.29, 1.82) is 0 Å². The monoisotopic (exact) mass is 391 g/mol. The number of likely N-dealkylation sites (tertiary alicyclic amines) is 1. The van der Waals surface area contributed by atoms with Gasteiger partial charge in [0.05, 0.1) is 11.6 Å². The second kappa shape index (κ2) is 7.87. The maximum absolute atomic E-state index is 13.1. The molecular formula is C22H21N3O4. The molecule has 2 aliphatic heterocycles. The average Bonchev–Trinajstić information content (AvgIpc) is 3.21. The summed E-state index contributed by atoms with van der Waals surface area (Å²) in [5, 5.41) is 15.2. The van der Waals surface area contributed by atoms with Crippen molar-refractivity contribution in [3.05, 3.63) is 66.2 Å². The van der Waals surface area contributed by atoms with Crippen molar-refractivity contribution in [3.63, 3.8) is 0 Å². The zero-order valence-corrected chi connectivity index (χ0v) is 15.8. The number of para-hydroxylation sites is 1. The van der Waals surface area contributed by atoms with Gasteiger partial charge in [-0.1, -0.05) is 48.5 Å². The molecule has 2 heterocycles. The fourth-order valence-electron chi connectivity index (χ4n) is 3.92. The number of benzene rings is 2. The van der Waals surface area contributed by atoms with Crippen LogP contribution in [0.25, 0.3) is 0 Å². The van der Waals surface area contributed by atoms with Gasteiger partial charge in [0.2, 0.25) is 5.91 Å². The van der Waals surface area contributed by atoms with Crippen molar-refractivity contribution in [2.45, 2.75) is 18.8 Å². The van der Waals surface area contributed by atoms with Crippen LogP contribution in [-0.2, 0) is 14.4 Å². The van der Waals surface area contributed by atoms with Crippen LogP contribution in [0.1, 0.15) is 24.3 Å². The fourth-order valence-corrected chi connectivity index (χ4v) is 3.92. The topological polar surface area (TPSA) is 90.3 Å². The van der Waals surface area contributed by atoms with Crippen LogP contribution in [0.4, 0.5) is 5.69 Å². The van der Waals surface area contributed by atoms with Crippen molar-refractivity contribution in [2.24, 2.45) is 11.0 Å². The number of aliphatic carboxylic acids is 1. The largest absolute Gasteiger partial charge is 0.481 e. The molecule has 2 amide bonds. The van der Waals surface area contributed by atoms with Gasteiger partial charge in [-0.25, -0.2) is 5.01 Å². The van der Waals surface area contributed by atoms with Crippen LogP contribution >= 0.6 is 0 Å². The van der Waals surface area contributed by atoms with Gasteiger partial charge >= 0.3 is 5.97 Å².